The van der Waals surface area contributed by atoms with Crippen LogP contribution in [-0.4, -0.2) is 19.7 Å². The normalized spacial score (nSPS) is 10.4. The Balaban J connectivity index is 0.00000182. The minimum absolute atomic E-state index is 0. The molecule has 0 aliphatic carbocycles. The monoisotopic (exact) mass is 349 g/mol. The number of rotatable bonds is 4. The molecule has 2 aromatic heterocycles. The van der Waals surface area contributed by atoms with Crippen LogP contribution in [0.3, 0.4) is 0 Å². The lowest BCUT2D eigenvalue weighted by atomic mass is 10.1. The first-order valence-corrected chi connectivity index (χ1v) is 7.73. The summed E-state index contributed by atoms with van der Waals surface area (Å²) in [6, 6.07) is 17.9. The maximum atomic E-state index is 8.88. The molecule has 0 spiro atoms. The average molecular weight is 350 g/mol. The van der Waals surface area contributed by atoms with E-state index in [1.54, 1.807) is 0 Å². The third-order valence-electron chi connectivity index (χ3n) is 4.13. The van der Waals surface area contributed by atoms with Crippen LogP contribution in [0.2, 0.25) is 0 Å². The molecule has 0 radical (unpaired) electrons. The molecule has 0 saturated carbocycles. The molecule has 4 rings (SSSR count). The summed E-state index contributed by atoms with van der Waals surface area (Å²) in [7, 11) is 0. The number of aromatic amines is 1. The molecule has 2 heterocycles. The van der Waals surface area contributed by atoms with E-state index in [0.29, 0.717) is 5.56 Å². The van der Waals surface area contributed by atoms with Crippen molar-refractivity contribution in [1.29, 1.82) is 5.26 Å². The van der Waals surface area contributed by atoms with E-state index < -0.39 is 0 Å². The lowest BCUT2D eigenvalue weighted by Gasteiger charge is -2.08. The highest BCUT2D eigenvalue weighted by molar-refractivity contribution is 5.85. The second kappa shape index (κ2) is 7.20. The molecule has 0 saturated heterocycles. The van der Waals surface area contributed by atoms with Gasteiger partial charge in [-0.15, -0.1) is 12.4 Å². The van der Waals surface area contributed by atoms with E-state index in [2.05, 4.69) is 31.9 Å². The van der Waals surface area contributed by atoms with E-state index in [9.17, 15) is 0 Å². The van der Waals surface area contributed by atoms with Crippen molar-refractivity contribution in [1.82, 2.24) is 19.7 Å². The molecule has 25 heavy (non-hydrogen) atoms. The Bertz CT molecular complexity index is 1020. The maximum absolute atomic E-state index is 8.88. The smallest absolute Gasteiger partial charge is 0.0991 e. The Kier molecular flexibility index (Phi) is 4.82. The molecule has 0 amide bonds. The molecule has 0 atom stereocenters. The third-order valence-corrected chi connectivity index (χ3v) is 4.13. The second-order valence-electron chi connectivity index (χ2n) is 5.72. The Morgan fingerprint density at radius 2 is 1.88 bits per heavy atom. The quantitative estimate of drug-likeness (QED) is 0.610. The first-order chi connectivity index (χ1) is 11.8. The summed E-state index contributed by atoms with van der Waals surface area (Å²) in [6.45, 7) is 0.729. The van der Waals surface area contributed by atoms with Crippen molar-refractivity contribution in [2.45, 2.75) is 13.0 Å². The number of halogens is 1. The van der Waals surface area contributed by atoms with Gasteiger partial charge in [0.2, 0.25) is 0 Å². The first kappa shape index (κ1) is 16.7. The number of benzene rings is 2. The van der Waals surface area contributed by atoms with E-state index in [-0.39, 0.29) is 12.4 Å². The molecule has 0 fully saturated rings. The minimum atomic E-state index is 0. The van der Waals surface area contributed by atoms with Crippen LogP contribution in [0.25, 0.3) is 10.9 Å². The second-order valence-corrected chi connectivity index (χ2v) is 5.72. The van der Waals surface area contributed by atoms with Crippen molar-refractivity contribution in [2.75, 3.05) is 0 Å². The van der Waals surface area contributed by atoms with Crippen LogP contribution in [0.15, 0.2) is 61.1 Å². The predicted octanol–water partition coefficient (Wildman–Crippen LogP) is 3.69. The maximum Gasteiger partial charge on any atom is 0.0991 e. The van der Waals surface area contributed by atoms with Gasteiger partial charge < -0.3 is 4.57 Å². The summed E-state index contributed by atoms with van der Waals surface area (Å²) in [5.41, 5.74) is 5.00. The fraction of sp³-hybridized carbons (Fsp3) is 0.105. The number of aromatic nitrogens is 4. The van der Waals surface area contributed by atoms with Crippen LogP contribution in [-0.2, 0) is 13.0 Å². The molecule has 1 N–H and O–H groups in total. The lowest BCUT2D eigenvalue weighted by Crippen LogP contribution is -2.04. The van der Waals surface area contributed by atoms with Crippen LogP contribution in [0, 0.1) is 11.3 Å². The molecule has 0 bridgehead atoms. The number of nitrogens with one attached hydrogen (secondary N) is 1. The molecule has 2 aromatic carbocycles. The van der Waals surface area contributed by atoms with Crippen molar-refractivity contribution in [3.05, 3.63) is 83.6 Å². The highest BCUT2D eigenvalue weighted by Gasteiger charge is 2.09. The van der Waals surface area contributed by atoms with Gasteiger partial charge in [0.15, 0.2) is 0 Å². The topological polar surface area (TPSA) is 70.3 Å². The number of fused-ring (bicyclic) bond motifs is 1. The van der Waals surface area contributed by atoms with Gasteiger partial charge in [-0.25, -0.2) is 4.98 Å². The number of hydrogen-bond acceptors (Lipinski definition) is 3. The Morgan fingerprint density at radius 3 is 2.68 bits per heavy atom. The molecular formula is C19H16ClN5. The van der Waals surface area contributed by atoms with Crippen molar-refractivity contribution in [3.8, 4) is 6.07 Å². The van der Waals surface area contributed by atoms with Gasteiger partial charge in [-0.3, -0.25) is 5.10 Å². The Labute approximate surface area is 151 Å². The predicted molar refractivity (Wildman–Crippen MR) is 98.6 cm³/mol. The van der Waals surface area contributed by atoms with Crippen molar-refractivity contribution >= 4 is 23.3 Å². The summed E-state index contributed by atoms with van der Waals surface area (Å²) in [6.07, 6.45) is 4.47. The molecule has 4 aromatic rings. The van der Waals surface area contributed by atoms with Gasteiger partial charge in [-0.2, -0.15) is 10.4 Å². The standard InChI is InChI=1S/C19H15N5.ClH/c20-10-14-5-7-15(8-6-14)12-24-13-21-11-16(24)9-19-17-3-1-2-4-18(17)22-23-19;/h1-8,11,13H,9,12H2,(H,22,23);1H. The highest BCUT2D eigenvalue weighted by atomic mass is 35.5. The summed E-state index contributed by atoms with van der Waals surface area (Å²) in [5, 5.41) is 17.5. The zero-order valence-electron chi connectivity index (χ0n) is 13.4. The molecular weight excluding hydrogens is 334 g/mol. The number of imidazole rings is 1. The fourth-order valence-electron chi connectivity index (χ4n) is 2.85. The summed E-state index contributed by atoms with van der Waals surface area (Å²) in [4.78, 5) is 4.29. The van der Waals surface area contributed by atoms with Gasteiger partial charge in [0.05, 0.1) is 23.5 Å². The molecule has 5 nitrogen and oxygen atoms in total. The van der Waals surface area contributed by atoms with Gasteiger partial charge >= 0.3 is 0 Å². The molecule has 0 aliphatic rings. The highest BCUT2D eigenvalue weighted by Crippen LogP contribution is 2.19. The van der Waals surface area contributed by atoms with Crippen LogP contribution in [0.5, 0.6) is 0 Å². The minimum Gasteiger partial charge on any atom is -0.330 e. The van der Waals surface area contributed by atoms with E-state index in [4.69, 9.17) is 5.26 Å². The summed E-state index contributed by atoms with van der Waals surface area (Å²) < 4.78 is 2.12. The largest absolute Gasteiger partial charge is 0.330 e. The Morgan fingerprint density at radius 1 is 1.08 bits per heavy atom. The molecule has 0 aliphatic heterocycles. The SMILES string of the molecule is Cl.N#Cc1ccc(Cn2cncc2Cc2[nH]nc3ccccc23)cc1. The number of H-pyrrole nitrogens is 1. The third kappa shape index (κ3) is 3.39. The van der Waals surface area contributed by atoms with Crippen LogP contribution < -0.4 is 0 Å². The number of para-hydroxylation sites is 1. The number of nitriles is 1. The fourth-order valence-corrected chi connectivity index (χ4v) is 2.85. The van der Waals surface area contributed by atoms with Gasteiger partial charge in [-0.05, 0) is 23.8 Å². The number of nitrogens with zero attached hydrogens (tertiary/aromatic N) is 4. The first-order valence-electron chi connectivity index (χ1n) is 7.73. The lowest BCUT2D eigenvalue weighted by molar-refractivity contribution is 0.749. The summed E-state index contributed by atoms with van der Waals surface area (Å²) in [5.74, 6) is 0. The van der Waals surface area contributed by atoms with Crippen molar-refractivity contribution in [3.63, 3.8) is 0 Å². The van der Waals surface area contributed by atoms with Gasteiger partial charge in [-0.1, -0.05) is 30.3 Å². The van der Waals surface area contributed by atoms with Crippen LogP contribution >= 0.6 is 12.4 Å². The molecule has 6 heteroatoms. The van der Waals surface area contributed by atoms with Crippen LogP contribution in [0.1, 0.15) is 22.5 Å². The number of hydrogen-bond donors (Lipinski definition) is 1. The van der Waals surface area contributed by atoms with Crippen molar-refractivity contribution in [2.24, 2.45) is 0 Å². The Hall–Kier alpha value is -3.10. The van der Waals surface area contributed by atoms with Crippen LogP contribution in [0.4, 0.5) is 0 Å². The van der Waals surface area contributed by atoms with Gasteiger partial charge in [0.1, 0.15) is 0 Å². The molecule has 0 unspecified atom stereocenters. The van der Waals surface area contributed by atoms with Gasteiger partial charge in [0.25, 0.3) is 0 Å². The molecule has 124 valence electrons. The van der Waals surface area contributed by atoms with E-state index in [1.807, 2.05) is 55.0 Å². The zero-order valence-corrected chi connectivity index (χ0v) is 14.2. The summed E-state index contributed by atoms with van der Waals surface area (Å²) >= 11 is 0. The average Bonchev–Trinajstić information content (AvgIpc) is 3.24. The van der Waals surface area contributed by atoms with E-state index in [1.165, 1.54) is 0 Å². The van der Waals surface area contributed by atoms with Gasteiger partial charge in [0, 0.05) is 35.9 Å². The van der Waals surface area contributed by atoms with E-state index >= 15 is 0 Å². The van der Waals surface area contributed by atoms with E-state index in [0.717, 1.165) is 40.8 Å². The van der Waals surface area contributed by atoms with Crippen molar-refractivity contribution < 1.29 is 0 Å². The zero-order chi connectivity index (χ0) is 16.4.